The highest BCUT2D eigenvalue weighted by atomic mass is 32.2. The summed E-state index contributed by atoms with van der Waals surface area (Å²) >= 11 is 0. The van der Waals surface area contributed by atoms with E-state index >= 15 is 0 Å². The predicted molar refractivity (Wildman–Crippen MR) is 108 cm³/mol. The number of nitrogens with one attached hydrogen (secondary N) is 2. The highest BCUT2D eigenvalue weighted by molar-refractivity contribution is 7.92. The number of H-pyrrole nitrogens is 1. The zero-order valence-corrected chi connectivity index (χ0v) is 16.0. The summed E-state index contributed by atoms with van der Waals surface area (Å²) in [6.07, 6.45) is 4.25. The second-order valence-corrected chi connectivity index (χ2v) is 8.38. The molecule has 0 fully saturated rings. The molecule has 142 valence electrons. The fourth-order valence-electron chi connectivity index (χ4n) is 3.09. The van der Waals surface area contributed by atoms with Gasteiger partial charge in [0.2, 0.25) is 10.0 Å². The van der Waals surface area contributed by atoms with Gasteiger partial charge in [0.1, 0.15) is 5.82 Å². The predicted octanol–water partition coefficient (Wildman–Crippen LogP) is 4.11. The van der Waals surface area contributed by atoms with Crippen molar-refractivity contribution in [3.8, 4) is 22.4 Å². The van der Waals surface area contributed by atoms with Gasteiger partial charge in [-0.1, -0.05) is 6.07 Å². The topological polar surface area (TPSA) is 87.7 Å². The Balaban J connectivity index is 1.93. The highest BCUT2D eigenvalue weighted by Crippen LogP contribution is 2.34. The molecule has 4 rings (SSSR count). The van der Waals surface area contributed by atoms with Crippen LogP contribution in [0.25, 0.3) is 33.3 Å². The first-order valence-corrected chi connectivity index (χ1v) is 10.4. The van der Waals surface area contributed by atoms with Gasteiger partial charge in [0.15, 0.2) is 0 Å². The Bertz CT molecular complexity index is 1300. The van der Waals surface area contributed by atoms with Crippen LogP contribution in [0.4, 0.5) is 10.1 Å². The molecule has 0 aliphatic heterocycles. The average Bonchev–Trinajstić information content (AvgIpc) is 3.10. The molecule has 4 aromatic rings. The van der Waals surface area contributed by atoms with Crippen LogP contribution >= 0.6 is 0 Å². The highest BCUT2D eigenvalue weighted by Gasteiger charge is 2.14. The van der Waals surface area contributed by atoms with Crippen LogP contribution < -0.4 is 4.72 Å². The number of rotatable bonds is 4. The van der Waals surface area contributed by atoms with Crippen molar-refractivity contribution in [3.63, 3.8) is 0 Å². The van der Waals surface area contributed by atoms with Crippen LogP contribution in [0.15, 0.2) is 54.9 Å². The smallest absolute Gasteiger partial charge is 0.229 e. The molecule has 2 heterocycles. The maximum atomic E-state index is 13.7. The molecule has 0 saturated heterocycles. The standard InChI is InChI=1S/C20H17FN4O2S/c1-12-7-14(3-5-18(12)21)20-17(9-16(11-22-20)25-28(2,26)27)13-4-6-19-15(8-13)10-23-24-19/h3-11,25H,1-2H3,(H,23,24). The molecule has 0 radical (unpaired) electrons. The van der Waals surface area contributed by atoms with Crippen LogP contribution in [0.2, 0.25) is 0 Å². The summed E-state index contributed by atoms with van der Waals surface area (Å²) in [5, 5.41) is 7.85. The number of fused-ring (bicyclic) bond motifs is 1. The molecule has 8 heteroatoms. The summed E-state index contributed by atoms with van der Waals surface area (Å²) in [6.45, 7) is 1.69. The van der Waals surface area contributed by atoms with Gasteiger partial charge >= 0.3 is 0 Å². The number of anilines is 1. The van der Waals surface area contributed by atoms with Crippen molar-refractivity contribution in [2.75, 3.05) is 11.0 Å². The monoisotopic (exact) mass is 396 g/mol. The number of pyridine rings is 1. The minimum Gasteiger partial charge on any atom is -0.282 e. The van der Waals surface area contributed by atoms with E-state index in [0.29, 0.717) is 16.9 Å². The van der Waals surface area contributed by atoms with E-state index in [4.69, 9.17) is 0 Å². The zero-order chi connectivity index (χ0) is 19.9. The molecule has 0 unspecified atom stereocenters. The Morgan fingerprint density at radius 1 is 1.04 bits per heavy atom. The number of aryl methyl sites for hydroxylation is 1. The third-order valence-corrected chi connectivity index (χ3v) is 4.98. The first-order valence-electron chi connectivity index (χ1n) is 8.48. The Morgan fingerprint density at radius 3 is 2.57 bits per heavy atom. The van der Waals surface area contributed by atoms with Gasteiger partial charge < -0.3 is 0 Å². The second-order valence-electron chi connectivity index (χ2n) is 6.63. The van der Waals surface area contributed by atoms with Gasteiger partial charge in [-0.3, -0.25) is 14.8 Å². The number of hydrogen-bond acceptors (Lipinski definition) is 4. The molecule has 0 amide bonds. The van der Waals surface area contributed by atoms with E-state index in [1.54, 1.807) is 31.3 Å². The SMILES string of the molecule is Cc1cc(-c2ncc(NS(C)(=O)=O)cc2-c2ccc3[nH]ncc3c2)ccc1F. The van der Waals surface area contributed by atoms with Gasteiger partial charge in [-0.2, -0.15) is 5.10 Å². The van der Waals surface area contributed by atoms with Crippen LogP contribution in [0.5, 0.6) is 0 Å². The van der Waals surface area contributed by atoms with Crippen molar-refractivity contribution in [2.45, 2.75) is 6.92 Å². The van der Waals surface area contributed by atoms with E-state index in [-0.39, 0.29) is 5.82 Å². The molecule has 0 saturated carbocycles. The Labute approximate surface area is 161 Å². The molecule has 0 bridgehead atoms. The largest absolute Gasteiger partial charge is 0.282 e. The minimum atomic E-state index is -3.45. The molecule has 0 atom stereocenters. The number of hydrogen-bond donors (Lipinski definition) is 2. The van der Waals surface area contributed by atoms with Crippen LogP contribution in [0, 0.1) is 12.7 Å². The third kappa shape index (κ3) is 3.59. The minimum absolute atomic E-state index is 0.291. The lowest BCUT2D eigenvalue weighted by Crippen LogP contribution is -2.10. The molecule has 2 N–H and O–H groups in total. The Kier molecular flexibility index (Phi) is 4.35. The lowest BCUT2D eigenvalue weighted by molar-refractivity contribution is 0.606. The summed E-state index contributed by atoms with van der Waals surface area (Å²) in [5.41, 5.74) is 4.69. The van der Waals surface area contributed by atoms with E-state index in [9.17, 15) is 12.8 Å². The normalized spacial score (nSPS) is 11.7. The van der Waals surface area contributed by atoms with Gasteiger partial charge in [-0.05, 0) is 54.4 Å². The van der Waals surface area contributed by atoms with Crippen LogP contribution in [0.1, 0.15) is 5.56 Å². The molecule has 2 aromatic carbocycles. The fraction of sp³-hybridized carbons (Fsp3) is 0.100. The van der Waals surface area contributed by atoms with Gasteiger partial charge in [0.05, 0.1) is 35.5 Å². The molecular weight excluding hydrogens is 379 g/mol. The molecular formula is C20H17FN4O2S. The molecule has 0 aliphatic carbocycles. The van der Waals surface area contributed by atoms with Crippen LogP contribution in [0.3, 0.4) is 0 Å². The third-order valence-electron chi connectivity index (χ3n) is 4.37. The van der Waals surface area contributed by atoms with Crippen molar-refractivity contribution in [1.82, 2.24) is 15.2 Å². The number of halogens is 1. The van der Waals surface area contributed by atoms with Crippen LogP contribution in [-0.2, 0) is 10.0 Å². The molecule has 28 heavy (non-hydrogen) atoms. The Morgan fingerprint density at radius 2 is 1.82 bits per heavy atom. The molecule has 6 nitrogen and oxygen atoms in total. The number of aromatic nitrogens is 3. The lowest BCUT2D eigenvalue weighted by Gasteiger charge is -2.13. The van der Waals surface area contributed by atoms with E-state index in [0.717, 1.165) is 33.8 Å². The van der Waals surface area contributed by atoms with Crippen molar-refractivity contribution in [2.24, 2.45) is 0 Å². The Hall–Kier alpha value is -3.26. The number of aromatic amines is 1. The number of benzene rings is 2. The fourth-order valence-corrected chi connectivity index (χ4v) is 3.63. The maximum Gasteiger partial charge on any atom is 0.229 e. The first-order chi connectivity index (χ1) is 13.3. The zero-order valence-electron chi connectivity index (χ0n) is 15.2. The van der Waals surface area contributed by atoms with E-state index in [1.807, 2.05) is 18.2 Å². The molecule has 0 aliphatic rings. The van der Waals surface area contributed by atoms with Crippen molar-refractivity contribution in [3.05, 3.63) is 66.2 Å². The van der Waals surface area contributed by atoms with Crippen molar-refractivity contribution in [1.29, 1.82) is 0 Å². The van der Waals surface area contributed by atoms with Gasteiger partial charge in [-0.25, -0.2) is 12.8 Å². The lowest BCUT2D eigenvalue weighted by atomic mass is 9.97. The summed E-state index contributed by atoms with van der Waals surface area (Å²) in [4.78, 5) is 4.48. The quantitative estimate of drug-likeness (QED) is 0.543. The first kappa shape index (κ1) is 18.1. The van der Waals surface area contributed by atoms with Gasteiger partial charge in [0, 0.05) is 16.5 Å². The van der Waals surface area contributed by atoms with Gasteiger partial charge in [-0.15, -0.1) is 0 Å². The van der Waals surface area contributed by atoms with Crippen molar-refractivity contribution < 1.29 is 12.8 Å². The van der Waals surface area contributed by atoms with E-state index in [2.05, 4.69) is 19.9 Å². The maximum absolute atomic E-state index is 13.7. The summed E-state index contributed by atoms with van der Waals surface area (Å²) in [6, 6.07) is 12.3. The summed E-state index contributed by atoms with van der Waals surface area (Å²) < 4.78 is 39.4. The van der Waals surface area contributed by atoms with E-state index < -0.39 is 10.0 Å². The molecule has 2 aromatic heterocycles. The van der Waals surface area contributed by atoms with Gasteiger partial charge in [0.25, 0.3) is 0 Å². The molecule has 0 spiro atoms. The van der Waals surface area contributed by atoms with Crippen molar-refractivity contribution >= 4 is 26.6 Å². The summed E-state index contributed by atoms with van der Waals surface area (Å²) in [5.74, 6) is -0.291. The number of sulfonamides is 1. The second kappa shape index (κ2) is 6.72. The van der Waals surface area contributed by atoms with E-state index in [1.165, 1.54) is 12.3 Å². The number of nitrogens with zero attached hydrogens (tertiary/aromatic N) is 2. The summed E-state index contributed by atoms with van der Waals surface area (Å²) in [7, 11) is -3.45. The average molecular weight is 396 g/mol. The van der Waals surface area contributed by atoms with Crippen LogP contribution in [-0.4, -0.2) is 29.9 Å².